The molecule has 2 aromatic rings. The van der Waals surface area contributed by atoms with Crippen molar-refractivity contribution < 1.29 is 0 Å². The van der Waals surface area contributed by atoms with Gasteiger partial charge in [-0.15, -0.1) is 0 Å². The van der Waals surface area contributed by atoms with Gasteiger partial charge >= 0.3 is 0 Å². The normalized spacial score (nSPS) is 9.79. The number of fused-ring (bicyclic) bond motifs is 1. The number of rotatable bonds is 1. The highest BCUT2D eigenvalue weighted by Gasteiger charge is 1.96. The Bertz CT molecular complexity index is 488. The summed E-state index contributed by atoms with van der Waals surface area (Å²) in [4.78, 5) is 4.23. The van der Waals surface area contributed by atoms with E-state index in [2.05, 4.69) is 16.8 Å². The smallest absolute Gasteiger partial charge is 0.137 e. The van der Waals surface area contributed by atoms with Crippen LogP contribution in [-0.4, -0.2) is 15.9 Å². The van der Waals surface area contributed by atoms with Gasteiger partial charge in [-0.3, -0.25) is 4.40 Å². The molecule has 3 heteroatoms. The highest BCUT2D eigenvalue weighted by Crippen LogP contribution is 2.03. The summed E-state index contributed by atoms with van der Waals surface area (Å²) in [5.74, 6) is 6.03. The second-order valence-electron chi connectivity index (χ2n) is 2.91. The van der Waals surface area contributed by atoms with Gasteiger partial charge in [0.05, 0.1) is 6.20 Å². The van der Waals surface area contributed by atoms with Crippen molar-refractivity contribution >= 4 is 5.65 Å². The van der Waals surface area contributed by atoms with Crippen LogP contribution in [0.3, 0.4) is 0 Å². The molecular weight excluding hydrogens is 174 g/mol. The molecule has 70 valence electrons. The summed E-state index contributed by atoms with van der Waals surface area (Å²) in [5, 5.41) is 0. The van der Waals surface area contributed by atoms with Crippen LogP contribution in [0.25, 0.3) is 5.65 Å². The summed E-state index contributed by atoms with van der Waals surface area (Å²) in [5.41, 5.74) is 7.19. The molecule has 0 spiro atoms. The third kappa shape index (κ3) is 1.61. The Balaban J connectivity index is 2.40. The first-order valence-electron chi connectivity index (χ1n) is 4.53. The van der Waals surface area contributed by atoms with Gasteiger partial charge in [0.25, 0.3) is 0 Å². The lowest BCUT2D eigenvalue weighted by molar-refractivity contribution is 1.03. The molecule has 0 aromatic carbocycles. The standard InChI is InChI=1S/C11H11N3/c12-7-3-1-5-10-9-13-11-6-2-4-8-14(10)11/h2,4,6,8-9H,3,7,12H2. The number of hydrogen-bond acceptors (Lipinski definition) is 2. The van der Waals surface area contributed by atoms with Crippen LogP contribution < -0.4 is 5.73 Å². The number of pyridine rings is 1. The summed E-state index contributed by atoms with van der Waals surface area (Å²) in [6.07, 6.45) is 4.45. The SMILES string of the molecule is NCCC#Cc1cnc2ccccn12. The van der Waals surface area contributed by atoms with E-state index in [1.54, 1.807) is 6.20 Å². The Hall–Kier alpha value is -1.79. The van der Waals surface area contributed by atoms with Crippen LogP contribution in [0.4, 0.5) is 0 Å². The van der Waals surface area contributed by atoms with Crippen molar-refractivity contribution in [1.82, 2.24) is 9.38 Å². The fourth-order valence-electron chi connectivity index (χ4n) is 1.25. The molecule has 3 nitrogen and oxygen atoms in total. The van der Waals surface area contributed by atoms with Crippen molar-refractivity contribution in [3.05, 3.63) is 36.3 Å². The Morgan fingerprint density at radius 2 is 2.36 bits per heavy atom. The van der Waals surface area contributed by atoms with Crippen molar-refractivity contribution in [3.8, 4) is 11.8 Å². The zero-order valence-corrected chi connectivity index (χ0v) is 7.77. The van der Waals surface area contributed by atoms with Gasteiger partial charge in [0.1, 0.15) is 11.3 Å². The van der Waals surface area contributed by atoms with Crippen molar-refractivity contribution in [3.63, 3.8) is 0 Å². The van der Waals surface area contributed by atoms with Crippen LogP contribution in [0.15, 0.2) is 30.6 Å². The molecule has 0 amide bonds. The summed E-state index contributed by atoms with van der Waals surface area (Å²) in [6.45, 7) is 0.601. The Morgan fingerprint density at radius 3 is 3.21 bits per heavy atom. The van der Waals surface area contributed by atoms with Crippen LogP contribution in [0.5, 0.6) is 0 Å². The number of nitrogens with zero attached hydrogens (tertiary/aromatic N) is 2. The third-order valence-corrected chi connectivity index (χ3v) is 1.90. The van der Waals surface area contributed by atoms with Gasteiger partial charge in [-0.1, -0.05) is 12.0 Å². The molecule has 14 heavy (non-hydrogen) atoms. The maximum absolute atomic E-state index is 5.36. The van der Waals surface area contributed by atoms with E-state index >= 15 is 0 Å². The Morgan fingerprint density at radius 1 is 1.43 bits per heavy atom. The lowest BCUT2D eigenvalue weighted by Gasteiger charge is -1.92. The maximum Gasteiger partial charge on any atom is 0.137 e. The fraction of sp³-hybridized carbons (Fsp3) is 0.182. The Kier molecular flexibility index (Phi) is 2.48. The molecule has 0 unspecified atom stereocenters. The van der Waals surface area contributed by atoms with Crippen molar-refractivity contribution in [2.45, 2.75) is 6.42 Å². The molecule has 2 aromatic heterocycles. The lowest BCUT2D eigenvalue weighted by atomic mass is 10.4. The largest absolute Gasteiger partial charge is 0.330 e. The van der Waals surface area contributed by atoms with E-state index in [1.165, 1.54) is 0 Å². The van der Waals surface area contributed by atoms with E-state index < -0.39 is 0 Å². The molecular formula is C11H11N3. The van der Waals surface area contributed by atoms with E-state index in [9.17, 15) is 0 Å². The predicted molar refractivity (Wildman–Crippen MR) is 55.7 cm³/mol. The molecule has 2 heterocycles. The topological polar surface area (TPSA) is 43.3 Å². The lowest BCUT2D eigenvalue weighted by Crippen LogP contribution is -1.95. The van der Waals surface area contributed by atoms with Crippen molar-refractivity contribution in [2.24, 2.45) is 5.73 Å². The van der Waals surface area contributed by atoms with Crippen molar-refractivity contribution in [1.29, 1.82) is 0 Å². The molecule has 0 aliphatic carbocycles. The van der Waals surface area contributed by atoms with E-state index in [1.807, 2.05) is 28.8 Å². The van der Waals surface area contributed by atoms with Crippen LogP contribution in [0.2, 0.25) is 0 Å². The highest BCUT2D eigenvalue weighted by atomic mass is 15.0. The molecule has 0 saturated carbocycles. The summed E-state index contributed by atoms with van der Waals surface area (Å²) >= 11 is 0. The zero-order chi connectivity index (χ0) is 9.80. The van der Waals surface area contributed by atoms with Gasteiger partial charge in [0.2, 0.25) is 0 Å². The number of imidazole rings is 1. The van der Waals surface area contributed by atoms with Gasteiger partial charge in [0.15, 0.2) is 0 Å². The summed E-state index contributed by atoms with van der Waals surface area (Å²) in [6, 6.07) is 5.87. The summed E-state index contributed by atoms with van der Waals surface area (Å²) < 4.78 is 1.96. The number of nitrogens with two attached hydrogens (primary N) is 1. The minimum atomic E-state index is 0.601. The van der Waals surface area contributed by atoms with Crippen LogP contribution in [0.1, 0.15) is 12.1 Å². The molecule has 2 rings (SSSR count). The first kappa shape index (κ1) is 8.79. The fourth-order valence-corrected chi connectivity index (χ4v) is 1.25. The molecule has 0 aliphatic heterocycles. The second-order valence-corrected chi connectivity index (χ2v) is 2.91. The van der Waals surface area contributed by atoms with E-state index in [0.29, 0.717) is 6.54 Å². The van der Waals surface area contributed by atoms with Crippen molar-refractivity contribution in [2.75, 3.05) is 6.54 Å². The van der Waals surface area contributed by atoms with Crippen LogP contribution in [-0.2, 0) is 0 Å². The monoisotopic (exact) mass is 185 g/mol. The Labute approximate surface area is 82.6 Å². The minimum Gasteiger partial charge on any atom is -0.330 e. The average Bonchev–Trinajstić information content (AvgIpc) is 2.63. The molecule has 0 fully saturated rings. The van der Waals surface area contributed by atoms with Gasteiger partial charge in [-0.2, -0.15) is 0 Å². The average molecular weight is 185 g/mol. The number of aromatic nitrogens is 2. The highest BCUT2D eigenvalue weighted by molar-refractivity contribution is 5.44. The quantitative estimate of drug-likeness (QED) is 0.674. The molecule has 0 saturated heterocycles. The summed E-state index contributed by atoms with van der Waals surface area (Å²) in [7, 11) is 0. The minimum absolute atomic E-state index is 0.601. The maximum atomic E-state index is 5.36. The third-order valence-electron chi connectivity index (χ3n) is 1.90. The van der Waals surface area contributed by atoms with Gasteiger partial charge in [-0.05, 0) is 18.1 Å². The van der Waals surface area contributed by atoms with Gasteiger partial charge in [-0.25, -0.2) is 4.98 Å². The van der Waals surface area contributed by atoms with Gasteiger partial charge < -0.3 is 5.73 Å². The van der Waals surface area contributed by atoms with E-state index in [0.717, 1.165) is 17.8 Å². The predicted octanol–water partition coefficient (Wildman–Crippen LogP) is 1.03. The zero-order valence-electron chi connectivity index (χ0n) is 7.77. The van der Waals surface area contributed by atoms with E-state index in [-0.39, 0.29) is 0 Å². The molecule has 0 bridgehead atoms. The number of hydrogen-bond donors (Lipinski definition) is 1. The molecule has 0 radical (unpaired) electrons. The first-order valence-corrected chi connectivity index (χ1v) is 4.53. The molecule has 2 N–H and O–H groups in total. The van der Waals surface area contributed by atoms with Crippen LogP contribution >= 0.6 is 0 Å². The van der Waals surface area contributed by atoms with E-state index in [4.69, 9.17) is 5.73 Å². The van der Waals surface area contributed by atoms with Gasteiger partial charge in [0, 0.05) is 19.2 Å². The molecule has 0 atom stereocenters. The van der Waals surface area contributed by atoms with Crippen LogP contribution in [0, 0.1) is 11.8 Å². The molecule has 0 aliphatic rings. The first-order chi connectivity index (χ1) is 6.92. The second kappa shape index (κ2) is 3.95.